The SMILES string of the molecule is CCOc1ccc(C(=O)NC2c3cc(CC)ccc3OCC2C)cc1CN1C(=O)CC(C)(C)N=C1N. The number of hydrogen-bond acceptors (Lipinski definition) is 6. The Balaban J connectivity index is 1.61. The minimum absolute atomic E-state index is 0.107. The van der Waals surface area contributed by atoms with E-state index in [-0.39, 0.29) is 42.7 Å². The Kier molecular flexibility index (Phi) is 7.24. The molecule has 0 saturated heterocycles. The van der Waals surface area contributed by atoms with Crippen LogP contribution in [0.3, 0.4) is 0 Å². The zero-order valence-corrected chi connectivity index (χ0v) is 21.8. The van der Waals surface area contributed by atoms with Gasteiger partial charge in [0.1, 0.15) is 11.5 Å². The standard InChI is InChI=1S/C28H36N4O4/c1-6-18-8-10-23-21(12-18)25(17(3)16-36-23)30-26(34)19-9-11-22(35-7-2)20(13-19)15-32-24(33)14-28(4,5)31-27(32)29/h8-13,17,25H,6-7,14-16H2,1-5H3,(H2,29,31)(H,30,34). The van der Waals surface area contributed by atoms with Crippen LogP contribution in [0, 0.1) is 5.92 Å². The Labute approximate surface area is 212 Å². The van der Waals surface area contributed by atoms with E-state index in [9.17, 15) is 9.59 Å². The molecule has 2 aliphatic heterocycles. The second kappa shape index (κ2) is 10.2. The van der Waals surface area contributed by atoms with E-state index < -0.39 is 5.54 Å². The summed E-state index contributed by atoms with van der Waals surface area (Å²) in [5.41, 5.74) is 8.99. The molecule has 2 aliphatic rings. The van der Waals surface area contributed by atoms with Gasteiger partial charge in [0.15, 0.2) is 5.96 Å². The van der Waals surface area contributed by atoms with E-state index >= 15 is 0 Å². The topological polar surface area (TPSA) is 106 Å². The van der Waals surface area contributed by atoms with Gasteiger partial charge in [0.2, 0.25) is 5.91 Å². The highest BCUT2D eigenvalue weighted by Crippen LogP contribution is 2.36. The van der Waals surface area contributed by atoms with Crippen LogP contribution in [0.1, 0.15) is 74.1 Å². The molecule has 2 atom stereocenters. The Hall–Kier alpha value is -3.55. The van der Waals surface area contributed by atoms with Crippen molar-refractivity contribution in [3.05, 3.63) is 58.7 Å². The lowest BCUT2D eigenvalue weighted by molar-refractivity contribution is -0.129. The number of amides is 2. The van der Waals surface area contributed by atoms with Gasteiger partial charge in [-0.3, -0.25) is 14.5 Å². The molecule has 2 heterocycles. The van der Waals surface area contributed by atoms with Crippen molar-refractivity contribution < 1.29 is 19.1 Å². The van der Waals surface area contributed by atoms with Crippen molar-refractivity contribution in [2.24, 2.45) is 16.6 Å². The van der Waals surface area contributed by atoms with E-state index in [4.69, 9.17) is 15.2 Å². The average molecular weight is 493 g/mol. The van der Waals surface area contributed by atoms with Crippen molar-refractivity contribution in [2.45, 2.75) is 65.6 Å². The van der Waals surface area contributed by atoms with Gasteiger partial charge in [0.05, 0.1) is 37.8 Å². The summed E-state index contributed by atoms with van der Waals surface area (Å²) in [6.45, 7) is 11.0. The van der Waals surface area contributed by atoms with E-state index in [2.05, 4.69) is 36.3 Å². The molecule has 2 unspecified atom stereocenters. The normalized spacial score (nSPS) is 20.8. The molecule has 36 heavy (non-hydrogen) atoms. The molecule has 0 aromatic heterocycles. The van der Waals surface area contributed by atoms with Gasteiger partial charge in [0, 0.05) is 22.6 Å². The van der Waals surface area contributed by atoms with E-state index in [0.29, 0.717) is 30.1 Å². The van der Waals surface area contributed by atoms with Crippen molar-refractivity contribution in [3.63, 3.8) is 0 Å². The third-order valence-corrected chi connectivity index (χ3v) is 6.70. The summed E-state index contributed by atoms with van der Waals surface area (Å²) in [4.78, 5) is 32.2. The number of nitrogens with one attached hydrogen (secondary N) is 1. The van der Waals surface area contributed by atoms with Gasteiger partial charge in [-0.05, 0) is 57.0 Å². The maximum Gasteiger partial charge on any atom is 0.251 e. The number of fused-ring (bicyclic) bond motifs is 1. The van der Waals surface area contributed by atoms with Crippen molar-refractivity contribution in [1.29, 1.82) is 0 Å². The van der Waals surface area contributed by atoms with Crippen LogP contribution in [-0.4, -0.2) is 41.4 Å². The maximum absolute atomic E-state index is 13.4. The van der Waals surface area contributed by atoms with Crippen molar-refractivity contribution in [3.8, 4) is 11.5 Å². The lowest BCUT2D eigenvalue weighted by Crippen LogP contribution is -2.49. The largest absolute Gasteiger partial charge is 0.494 e. The first-order chi connectivity index (χ1) is 17.1. The highest BCUT2D eigenvalue weighted by atomic mass is 16.5. The van der Waals surface area contributed by atoms with Gasteiger partial charge in [-0.25, -0.2) is 4.99 Å². The molecule has 0 saturated carbocycles. The quantitative estimate of drug-likeness (QED) is 0.608. The van der Waals surface area contributed by atoms with Crippen LogP contribution in [0.4, 0.5) is 0 Å². The van der Waals surface area contributed by atoms with Crippen molar-refractivity contribution in [1.82, 2.24) is 10.2 Å². The molecule has 2 amide bonds. The summed E-state index contributed by atoms with van der Waals surface area (Å²) >= 11 is 0. The van der Waals surface area contributed by atoms with Crippen molar-refractivity contribution >= 4 is 17.8 Å². The zero-order chi connectivity index (χ0) is 26.0. The summed E-state index contributed by atoms with van der Waals surface area (Å²) in [7, 11) is 0. The first kappa shape index (κ1) is 25.5. The van der Waals surface area contributed by atoms with Crippen LogP contribution in [-0.2, 0) is 17.8 Å². The monoisotopic (exact) mass is 492 g/mol. The highest BCUT2D eigenvalue weighted by molar-refractivity contribution is 5.99. The molecule has 8 heteroatoms. The molecule has 0 radical (unpaired) electrons. The first-order valence-electron chi connectivity index (χ1n) is 12.6. The van der Waals surface area contributed by atoms with Crippen LogP contribution in [0.5, 0.6) is 11.5 Å². The van der Waals surface area contributed by atoms with Crippen LogP contribution in [0.15, 0.2) is 41.4 Å². The molecular formula is C28H36N4O4. The van der Waals surface area contributed by atoms with E-state index in [1.807, 2.05) is 26.8 Å². The summed E-state index contributed by atoms with van der Waals surface area (Å²) < 4.78 is 11.7. The number of hydrogen-bond donors (Lipinski definition) is 2. The first-order valence-corrected chi connectivity index (χ1v) is 12.6. The third-order valence-electron chi connectivity index (χ3n) is 6.70. The second-order valence-electron chi connectivity index (χ2n) is 10.2. The summed E-state index contributed by atoms with van der Waals surface area (Å²) in [6, 6.07) is 11.3. The average Bonchev–Trinajstić information content (AvgIpc) is 2.83. The molecule has 4 rings (SSSR count). The highest BCUT2D eigenvalue weighted by Gasteiger charge is 2.33. The minimum atomic E-state index is -0.531. The number of nitrogens with two attached hydrogens (primary N) is 1. The smallest absolute Gasteiger partial charge is 0.251 e. The van der Waals surface area contributed by atoms with Gasteiger partial charge in [-0.2, -0.15) is 0 Å². The molecule has 0 spiro atoms. The lowest BCUT2D eigenvalue weighted by Gasteiger charge is -2.33. The summed E-state index contributed by atoms with van der Waals surface area (Å²) in [5.74, 6) is 1.40. The van der Waals surface area contributed by atoms with Crippen LogP contribution >= 0.6 is 0 Å². The third kappa shape index (κ3) is 5.32. The Morgan fingerprint density at radius 3 is 2.72 bits per heavy atom. The molecule has 2 aromatic rings. The predicted molar refractivity (Wildman–Crippen MR) is 139 cm³/mol. The zero-order valence-electron chi connectivity index (χ0n) is 21.8. The number of carbonyl (C=O) groups excluding carboxylic acids is 2. The van der Waals surface area contributed by atoms with Gasteiger partial charge < -0.3 is 20.5 Å². The second-order valence-corrected chi connectivity index (χ2v) is 10.2. The number of benzene rings is 2. The van der Waals surface area contributed by atoms with Gasteiger partial charge in [-0.1, -0.05) is 26.0 Å². The van der Waals surface area contributed by atoms with Crippen LogP contribution < -0.4 is 20.5 Å². The Bertz CT molecular complexity index is 1190. The Morgan fingerprint density at radius 1 is 1.25 bits per heavy atom. The van der Waals surface area contributed by atoms with E-state index in [0.717, 1.165) is 17.7 Å². The summed E-state index contributed by atoms with van der Waals surface area (Å²) in [6.07, 6.45) is 1.17. The fourth-order valence-electron chi connectivity index (χ4n) is 4.74. The van der Waals surface area contributed by atoms with Gasteiger partial charge >= 0.3 is 0 Å². The molecule has 0 aliphatic carbocycles. The predicted octanol–water partition coefficient (Wildman–Crippen LogP) is 3.97. The maximum atomic E-state index is 13.4. The number of carbonyl (C=O) groups is 2. The molecule has 3 N–H and O–H groups in total. The van der Waals surface area contributed by atoms with Gasteiger partial charge in [-0.15, -0.1) is 0 Å². The number of rotatable bonds is 7. The van der Waals surface area contributed by atoms with Crippen LogP contribution in [0.2, 0.25) is 0 Å². The number of ether oxygens (including phenoxy) is 2. The van der Waals surface area contributed by atoms with Gasteiger partial charge in [0.25, 0.3) is 5.91 Å². The molecular weight excluding hydrogens is 456 g/mol. The minimum Gasteiger partial charge on any atom is -0.494 e. The molecule has 8 nitrogen and oxygen atoms in total. The van der Waals surface area contributed by atoms with Crippen LogP contribution in [0.25, 0.3) is 0 Å². The number of nitrogens with zero attached hydrogens (tertiary/aromatic N) is 2. The fraction of sp³-hybridized carbons (Fsp3) is 0.464. The number of guanidine groups is 1. The molecule has 192 valence electrons. The lowest BCUT2D eigenvalue weighted by atomic mass is 9.90. The molecule has 0 bridgehead atoms. The molecule has 0 fully saturated rings. The fourth-order valence-corrected chi connectivity index (χ4v) is 4.74. The number of aliphatic imine (C=N–C) groups is 1. The summed E-state index contributed by atoms with van der Waals surface area (Å²) in [5, 5.41) is 3.21. The van der Waals surface area contributed by atoms with Crippen molar-refractivity contribution in [2.75, 3.05) is 13.2 Å². The van der Waals surface area contributed by atoms with E-state index in [1.165, 1.54) is 10.5 Å². The molecule has 2 aromatic carbocycles. The Morgan fingerprint density at radius 2 is 2.03 bits per heavy atom. The van der Waals surface area contributed by atoms with E-state index in [1.54, 1.807) is 18.2 Å². The number of aryl methyl sites for hydroxylation is 1.